The monoisotopic (exact) mass is 425 g/mol. The van der Waals surface area contributed by atoms with Crippen LogP contribution in [0.2, 0.25) is 0 Å². The van der Waals surface area contributed by atoms with Gasteiger partial charge in [-0.2, -0.15) is 0 Å². The Hall–Kier alpha value is 0.220. The maximum absolute atomic E-state index is 10.2. The first kappa shape index (κ1) is 34.7. The minimum absolute atomic E-state index is 0. The van der Waals surface area contributed by atoms with Crippen LogP contribution in [0, 0.1) is 0 Å². The third-order valence-corrected chi connectivity index (χ3v) is 3.07. The summed E-state index contributed by atoms with van der Waals surface area (Å²) in [4.78, 5) is 10.2. The van der Waals surface area contributed by atoms with E-state index < -0.39 is 16.4 Å². The van der Waals surface area contributed by atoms with Gasteiger partial charge in [0.1, 0.15) is 0 Å². The van der Waals surface area contributed by atoms with Gasteiger partial charge in [0.15, 0.2) is 0 Å². The molecule has 0 saturated heterocycles. The normalized spacial score (nSPS) is 9.96. The first-order valence-electron chi connectivity index (χ1n) is 9.01. The van der Waals surface area contributed by atoms with Crippen LogP contribution in [0.25, 0.3) is 0 Å². The van der Waals surface area contributed by atoms with Crippen molar-refractivity contribution in [2.45, 2.75) is 71.1 Å². The summed E-state index contributed by atoms with van der Waals surface area (Å²) in [5, 5.41) is 27.5. The average Bonchev–Trinajstić information content (AvgIpc) is 2.53. The third-order valence-electron chi connectivity index (χ3n) is 3.07. The molecule has 0 bridgehead atoms. The second-order valence-electron chi connectivity index (χ2n) is 5.60. The summed E-state index contributed by atoms with van der Waals surface area (Å²) in [5.41, 5.74) is 0. The van der Waals surface area contributed by atoms with E-state index in [9.17, 15) is 4.79 Å². The number of hydrogen-bond acceptors (Lipinski definition) is 7. The Kier molecular flexibility index (Phi) is 36.5. The van der Waals surface area contributed by atoms with Gasteiger partial charge in [-0.15, -0.1) is 0 Å². The molecule has 0 heterocycles. The standard InChI is InChI=1S/C12H24O2.C4H11NO2.Na.H2O4S/c1-2-3-4-5-6-7-8-9-10-11-12(13)14;6-3-1-5-2-4-7;;1-5(2,3)4/h2-11H2,1H3,(H,13,14);5-7H,1-4H2;;(H2,1,2,3,4)/q;;+1;/p-1. The molecule has 11 heteroatoms. The van der Waals surface area contributed by atoms with Crippen molar-refractivity contribution < 1.29 is 67.2 Å². The minimum atomic E-state index is -4.92. The summed E-state index contributed by atoms with van der Waals surface area (Å²) in [5.74, 6) is -0.659. The number of aliphatic carboxylic acids is 1. The number of carbonyl (C=O) groups is 1. The van der Waals surface area contributed by atoms with Crippen molar-refractivity contribution in [1.29, 1.82) is 0 Å². The number of carboxylic acids is 1. The van der Waals surface area contributed by atoms with E-state index >= 15 is 0 Å². The molecule has 0 aromatic carbocycles. The predicted molar refractivity (Wildman–Crippen MR) is 98.8 cm³/mol. The molecule has 0 aromatic heterocycles. The van der Waals surface area contributed by atoms with Gasteiger partial charge in [-0.1, -0.05) is 58.3 Å². The molecule has 0 aliphatic carbocycles. The van der Waals surface area contributed by atoms with E-state index in [0.29, 0.717) is 19.5 Å². The van der Waals surface area contributed by atoms with Gasteiger partial charge in [0.05, 0.1) is 13.2 Å². The van der Waals surface area contributed by atoms with Crippen molar-refractivity contribution in [3.05, 3.63) is 0 Å². The van der Waals surface area contributed by atoms with Crippen LogP contribution in [0.4, 0.5) is 0 Å². The van der Waals surface area contributed by atoms with Gasteiger partial charge in [-0.05, 0) is 6.42 Å². The fourth-order valence-corrected chi connectivity index (χ4v) is 1.87. The number of nitrogens with one attached hydrogen (secondary N) is 1. The maximum Gasteiger partial charge on any atom is 1.00 e. The van der Waals surface area contributed by atoms with Crippen molar-refractivity contribution in [3.8, 4) is 0 Å². The van der Waals surface area contributed by atoms with Gasteiger partial charge < -0.3 is 25.2 Å². The maximum atomic E-state index is 10.2. The predicted octanol–water partition coefficient (Wildman–Crippen LogP) is -1.44. The van der Waals surface area contributed by atoms with Crippen LogP contribution >= 0.6 is 0 Å². The molecule has 0 amide bonds. The Morgan fingerprint density at radius 1 is 0.889 bits per heavy atom. The van der Waals surface area contributed by atoms with Crippen molar-refractivity contribution >= 4 is 16.4 Å². The molecule has 0 fully saturated rings. The van der Waals surface area contributed by atoms with Gasteiger partial charge in [0.2, 0.25) is 10.4 Å². The number of unbranched alkanes of at least 4 members (excludes halogenated alkanes) is 8. The van der Waals surface area contributed by atoms with Crippen molar-refractivity contribution in [2.24, 2.45) is 0 Å². The third kappa shape index (κ3) is 66.4. The molecule has 9 nitrogen and oxygen atoms in total. The summed E-state index contributed by atoms with van der Waals surface area (Å²) >= 11 is 0. The van der Waals surface area contributed by atoms with Gasteiger partial charge in [-0.3, -0.25) is 9.35 Å². The fraction of sp³-hybridized carbons (Fsp3) is 0.938. The second-order valence-corrected chi connectivity index (χ2v) is 6.45. The molecule has 0 aromatic rings. The Balaban J connectivity index is -0.000000170. The molecular weight excluding hydrogens is 389 g/mol. The summed E-state index contributed by atoms with van der Waals surface area (Å²) in [7, 11) is -4.92. The quantitative estimate of drug-likeness (QED) is 0.0969. The molecule has 0 aliphatic heterocycles. The fourth-order valence-electron chi connectivity index (χ4n) is 1.87. The van der Waals surface area contributed by atoms with Gasteiger partial charge >= 0.3 is 35.5 Å². The van der Waals surface area contributed by atoms with Crippen LogP contribution in [-0.4, -0.2) is 65.1 Å². The van der Waals surface area contributed by atoms with Crippen LogP contribution in [0.15, 0.2) is 0 Å². The van der Waals surface area contributed by atoms with Crippen LogP contribution in [-0.2, 0) is 15.2 Å². The minimum Gasteiger partial charge on any atom is -0.726 e. The molecule has 0 saturated carbocycles. The Morgan fingerprint density at radius 2 is 1.22 bits per heavy atom. The Bertz CT molecular complexity index is 371. The second kappa shape index (κ2) is 28.4. The largest absolute Gasteiger partial charge is 1.00 e. The topological polar surface area (TPSA) is 167 Å². The van der Waals surface area contributed by atoms with Crippen LogP contribution in [0.5, 0.6) is 0 Å². The zero-order valence-corrected chi connectivity index (χ0v) is 19.5. The molecule has 0 spiro atoms. The molecule has 0 atom stereocenters. The molecule has 0 rings (SSSR count). The van der Waals surface area contributed by atoms with Gasteiger partial charge in [0.25, 0.3) is 0 Å². The molecule has 27 heavy (non-hydrogen) atoms. The van der Waals surface area contributed by atoms with E-state index in [4.69, 9.17) is 32.8 Å². The summed E-state index contributed by atoms with van der Waals surface area (Å²) in [6.07, 6.45) is 11.5. The summed E-state index contributed by atoms with van der Waals surface area (Å²) in [6.45, 7) is 3.65. The smallest absolute Gasteiger partial charge is 0.726 e. The van der Waals surface area contributed by atoms with Gasteiger partial charge in [0, 0.05) is 19.5 Å². The Morgan fingerprint density at radius 3 is 1.52 bits per heavy atom. The zero-order valence-electron chi connectivity index (χ0n) is 16.7. The number of aliphatic hydroxyl groups is 2. The SMILES string of the molecule is CCCCCCCCCCCC(=O)O.O=S(=O)([O-])O.OCCNCCO.[Na+]. The molecule has 0 radical (unpaired) electrons. The van der Waals surface area contributed by atoms with E-state index in [1.165, 1.54) is 44.9 Å². The molecular formula is C16H36NNaO8S. The Labute approximate surface area is 185 Å². The van der Waals surface area contributed by atoms with Crippen molar-refractivity contribution in [2.75, 3.05) is 26.3 Å². The van der Waals surface area contributed by atoms with Crippen molar-refractivity contribution in [3.63, 3.8) is 0 Å². The number of rotatable bonds is 14. The molecule has 0 unspecified atom stereocenters. The number of hydrogen-bond donors (Lipinski definition) is 5. The average molecular weight is 426 g/mol. The van der Waals surface area contributed by atoms with Crippen LogP contribution < -0.4 is 34.9 Å². The first-order chi connectivity index (χ1) is 12.2. The first-order valence-corrected chi connectivity index (χ1v) is 10.4. The molecule has 0 aliphatic rings. The summed E-state index contributed by atoms with van der Waals surface area (Å²) < 4.78 is 32.8. The van der Waals surface area contributed by atoms with E-state index in [1.54, 1.807) is 0 Å². The van der Waals surface area contributed by atoms with Crippen LogP contribution in [0.1, 0.15) is 71.1 Å². The zero-order chi connectivity index (χ0) is 20.7. The van der Waals surface area contributed by atoms with Gasteiger partial charge in [-0.25, -0.2) is 8.42 Å². The van der Waals surface area contributed by atoms with Crippen molar-refractivity contribution in [1.82, 2.24) is 5.32 Å². The number of aliphatic hydroxyl groups excluding tert-OH is 2. The van der Waals surface area contributed by atoms with Crippen LogP contribution in [0.3, 0.4) is 0 Å². The van der Waals surface area contributed by atoms with E-state index in [1.807, 2.05) is 0 Å². The van der Waals surface area contributed by atoms with E-state index in [-0.39, 0.29) is 42.8 Å². The summed E-state index contributed by atoms with van der Waals surface area (Å²) in [6, 6.07) is 0. The van der Waals surface area contributed by atoms with E-state index in [2.05, 4.69) is 12.2 Å². The molecule has 160 valence electrons. The number of carboxylic acid groups (broad SMARTS) is 1. The molecule has 5 N–H and O–H groups in total. The van der Waals surface area contributed by atoms with E-state index in [0.717, 1.165) is 12.8 Å².